The van der Waals surface area contributed by atoms with Crippen LogP contribution in [0, 0.1) is 0 Å². The lowest BCUT2D eigenvalue weighted by molar-refractivity contribution is -0.274. The Morgan fingerprint density at radius 2 is 1.89 bits per heavy atom. The van der Waals surface area contributed by atoms with Crippen LogP contribution < -0.4 is 9.64 Å². The van der Waals surface area contributed by atoms with Gasteiger partial charge in [-0.3, -0.25) is 4.79 Å². The van der Waals surface area contributed by atoms with Gasteiger partial charge in [0, 0.05) is 12.2 Å². The Kier molecular flexibility index (Phi) is 3.42. The number of rotatable bonds is 2. The summed E-state index contributed by atoms with van der Waals surface area (Å²) in [4.78, 5) is 13.0. The van der Waals surface area contributed by atoms with Crippen molar-refractivity contribution in [1.82, 2.24) is 0 Å². The molecule has 0 saturated carbocycles. The Morgan fingerprint density at radius 3 is 2.44 bits per heavy atom. The Labute approximate surface area is 101 Å². The number of hydrogen-bond donors (Lipinski definition) is 0. The average molecular weight is 261 g/mol. The zero-order valence-electron chi connectivity index (χ0n) is 9.24. The normalized spacial score (nSPS) is 16.8. The van der Waals surface area contributed by atoms with Crippen molar-refractivity contribution in [3.05, 3.63) is 24.3 Å². The number of morpholine rings is 1. The number of carbonyl (C=O) groups excluding carboxylic acids is 1. The Balaban J connectivity index is 2.09. The number of benzene rings is 1. The molecule has 0 aromatic heterocycles. The van der Waals surface area contributed by atoms with E-state index in [1.54, 1.807) is 0 Å². The summed E-state index contributed by atoms with van der Waals surface area (Å²) in [5, 5.41) is 0. The third-order valence-corrected chi connectivity index (χ3v) is 2.37. The largest absolute Gasteiger partial charge is 0.573 e. The number of carbonyl (C=O) groups is 1. The summed E-state index contributed by atoms with van der Waals surface area (Å²) < 4.78 is 44.6. The number of anilines is 1. The molecule has 1 fully saturated rings. The molecule has 18 heavy (non-hydrogen) atoms. The number of alkyl halides is 3. The lowest BCUT2D eigenvalue weighted by atomic mass is 10.2. The minimum absolute atomic E-state index is 0.0131. The summed E-state index contributed by atoms with van der Waals surface area (Å²) in [5.41, 5.74) is 0.526. The van der Waals surface area contributed by atoms with E-state index in [-0.39, 0.29) is 18.3 Å². The number of nitrogens with zero attached hydrogens (tertiary/aromatic N) is 1. The van der Waals surface area contributed by atoms with Crippen molar-refractivity contribution in [2.24, 2.45) is 0 Å². The molecule has 0 radical (unpaired) electrons. The lowest BCUT2D eigenvalue weighted by Crippen LogP contribution is -2.41. The zero-order valence-corrected chi connectivity index (χ0v) is 9.24. The summed E-state index contributed by atoms with van der Waals surface area (Å²) in [5.74, 6) is -0.530. The molecule has 0 atom stereocenters. The molecule has 98 valence electrons. The van der Waals surface area contributed by atoms with Crippen LogP contribution in [0.2, 0.25) is 0 Å². The van der Waals surface area contributed by atoms with E-state index < -0.39 is 6.36 Å². The fraction of sp³-hybridized carbons (Fsp3) is 0.364. The molecule has 1 heterocycles. The van der Waals surface area contributed by atoms with E-state index in [1.807, 2.05) is 0 Å². The fourth-order valence-corrected chi connectivity index (χ4v) is 1.62. The summed E-state index contributed by atoms with van der Waals surface area (Å²) in [6.07, 6.45) is -4.71. The SMILES string of the molecule is O=C1COCCN1c1ccc(OC(F)(F)F)cc1. The maximum absolute atomic E-state index is 12.0. The quantitative estimate of drug-likeness (QED) is 0.816. The highest BCUT2D eigenvalue weighted by molar-refractivity contribution is 5.94. The predicted molar refractivity (Wildman–Crippen MR) is 56.3 cm³/mol. The topological polar surface area (TPSA) is 38.8 Å². The van der Waals surface area contributed by atoms with E-state index in [9.17, 15) is 18.0 Å². The zero-order chi connectivity index (χ0) is 13.2. The summed E-state index contributed by atoms with van der Waals surface area (Å²) in [7, 11) is 0. The molecule has 1 saturated heterocycles. The number of hydrogen-bond acceptors (Lipinski definition) is 3. The highest BCUT2D eigenvalue weighted by Gasteiger charge is 2.31. The second kappa shape index (κ2) is 4.85. The third-order valence-electron chi connectivity index (χ3n) is 2.37. The van der Waals surface area contributed by atoms with Gasteiger partial charge in [0.05, 0.1) is 6.61 Å². The predicted octanol–water partition coefficient (Wildman–Crippen LogP) is 1.95. The van der Waals surface area contributed by atoms with Crippen LogP contribution in [0.15, 0.2) is 24.3 Å². The van der Waals surface area contributed by atoms with Gasteiger partial charge in [0.2, 0.25) is 0 Å². The minimum Gasteiger partial charge on any atom is -0.406 e. The van der Waals surface area contributed by atoms with Gasteiger partial charge in [0.15, 0.2) is 0 Å². The van der Waals surface area contributed by atoms with Gasteiger partial charge in [-0.2, -0.15) is 0 Å². The first-order chi connectivity index (χ1) is 8.46. The monoisotopic (exact) mass is 261 g/mol. The molecule has 0 aliphatic carbocycles. The highest BCUT2D eigenvalue weighted by atomic mass is 19.4. The molecule has 0 spiro atoms. The van der Waals surface area contributed by atoms with Gasteiger partial charge in [-0.25, -0.2) is 0 Å². The van der Waals surface area contributed by atoms with Crippen LogP contribution in [0.5, 0.6) is 5.75 Å². The van der Waals surface area contributed by atoms with Crippen LogP contribution in [-0.4, -0.2) is 32.0 Å². The van der Waals surface area contributed by atoms with Crippen LogP contribution in [0.1, 0.15) is 0 Å². The molecule has 0 N–H and O–H groups in total. The van der Waals surface area contributed by atoms with Gasteiger partial charge >= 0.3 is 6.36 Å². The third kappa shape index (κ3) is 3.13. The summed E-state index contributed by atoms with van der Waals surface area (Å²) in [6, 6.07) is 5.16. The van der Waals surface area contributed by atoms with Crippen LogP contribution in [-0.2, 0) is 9.53 Å². The van der Waals surface area contributed by atoms with Crippen molar-refractivity contribution >= 4 is 11.6 Å². The van der Waals surface area contributed by atoms with E-state index >= 15 is 0 Å². The Bertz CT molecular complexity index is 430. The van der Waals surface area contributed by atoms with Crippen molar-refractivity contribution in [2.45, 2.75) is 6.36 Å². The van der Waals surface area contributed by atoms with E-state index in [0.717, 1.165) is 0 Å². The maximum atomic E-state index is 12.0. The van der Waals surface area contributed by atoms with Gasteiger partial charge in [-0.05, 0) is 24.3 Å². The molecule has 7 heteroatoms. The molecular formula is C11H10F3NO3. The van der Waals surface area contributed by atoms with E-state index in [4.69, 9.17) is 4.74 Å². The fourth-order valence-electron chi connectivity index (χ4n) is 1.62. The molecule has 4 nitrogen and oxygen atoms in total. The van der Waals surface area contributed by atoms with Gasteiger partial charge in [-0.15, -0.1) is 13.2 Å². The van der Waals surface area contributed by atoms with E-state index in [2.05, 4.69) is 4.74 Å². The number of amides is 1. The maximum Gasteiger partial charge on any atom is 0.573 e. The Morgan fingerprint density at radius 1 is 1.22 bits per heavy atom. The van der Waals surface area contributed by atoms with Gasteiger partial charge in [0.25, 0.3) is 5.91 Å². The second-order valence-corrected chi connectivity index (χ2v) is 3.64. The molecule has 1 aliphatic rings. The molecule has 0 unspecified atom stereocenters. The van der Waals surface area contributed by atoms with Gasteiger partial charge < -0.3 is 14.4 Å². The summed E-state index contributed by atoms with van der Waals surface area (Å²) >= 11 is 0. The van der Waals surface area contributed by atoms with Crippen LogP contribution in [0.4, 0.5) is 18.9 Å². The number of ether oxygens (including phenoxy) is 2. The van der Waals surface area contributed by atoms with Gasteiger partial charge in [-0.1, -0.05) is 0 Å². The second-order valence-electron chi connectivity index (χ2n) is 3.64. The van der Waals surface area contributed by atoms with Crippen LogP contribution in [0.25, 0.3) is 0 Å². The van der Waals surface area contributed by atoms with Crippen LogP contribution in [0.3, 0.4) is 0 Å². The first-order valence-corrected chi connectivity index (χ1v) is 5.20. The van der Waals surface area contributed by atoms with Crippen molar-refractivity contribution in [2.75, 3.05) is 24.7 Å². The lowest BCUT2D eigenvalue weighted by Gasteiger charge is -2.26. The summed E-state index contributed by atoms with van der Waals surface area (Å²) in [6.45, 7) is 0.783. The molecular weight excluding hydrogens is 251 g/mol. The van der Waals surface area contributed by atoms with Crippen molar-refractivity contribution < 1.29 is 27.4 Å². The highest BCUT2D eigenvalue weighted by Crippen LogP contribution is 2.25. The molecule has 1 aliphatic heterocycles. The average Bonchev–Trinajstić information content (AvgIpc) is 2.29. The van der Waals surface area contributed by atoms with Crippen molar-refractivity contribution in [1.29, 1.82) is 0 Å². The van der Waals surface area contributed by atoms with Gasteiger partial charge in [0.1, 0.15) is 12.4 Å². The van der Waals surface area contributed by atoms with Crippen molar-refractivity contribution in [3.63, 3.8) is 0 Å². The molecule has 2 rings (SSSR count). The molecule has 1 amide bonds. The first kappa shape index (κ1) is 12.7. The first-order valence-electron chi connectivity index (χ1n) is 5.20. The molecule has 1 aromatic carbocycles. The van der Waals surface area contributed by atoms with Crippen LogP contribution >= 0.6 is 0 Å². The standard InChI is InChI=1S/C11H10F3NO3/c12-11(13,14)18-9-3-1-8(2-4-9)15-5-6-17-7-10(15)16/h1-4H,5-7H2. The minimum atomic E-state index is -4.71. The number of halogens is 3. The Hall–Kier alpha value is -1.76. The smallest absolute Gasteiger partial charge is 0.406 e. The van der Waals surface area contributed by atoms with E-state index in [1.165, 1.54) is 29.2 Å². The molecule has 1 aromatic rings. The van der Waals surface area contributed by atoms with Crippen molar-refractivity contribution in [3.8, 4) is 5.75 Å². The van der Waals surface area contributed by atoms with E-state index in [0.29, 0.717) is 18.8 Å². The molecule has 0 bridgehead atoms.